The van der Waals surface area contributed by atoms with Crippen molar-refractivity contribution < 1.29 is 24.6 Å². The number of thioether (sulfide) groups is 1. The van der Waals surface area contributed by atoms with Crippen molar-refractivity contribution in [3.8, 4) is 0 Å². The average Bonchev–Trinajstić information content (AvgIpc) is 3.24. The largest absolute Gasteiger partial charge is 0.478 e. The fourth-order valence-electron chi connectivity index (χ4n) is 3.36. The maximum Gasteiger partial charge on any atom is 0.328 e. The Balaban J connectivity index is 0.000000275. The van der Waals surface area contributed by atoms with Crippen LogP contribution in [-0.4, -0.2) is 48.2 Å². The molecule has 1 atom stereocenters. The van der Waals surface area contributed by atoms with E-state index in [1.807, 2.05) is 26.1 Å². The Labute approximate surface area is 176 Å². The van der Waals surface area contributed by atoms with E-state index < -0.39 is 11.9 Å². The highest BCUT2D eigenvalue weighted by Crippen LogP contribution is 2.40. The van der Waals surface area contributed by atoms with Gasteiger partial charge in [0.25, 0.3) is 0 Å². The number of carboxylic acid groups (broad SMARTS) is 2. The number of nitrogens with one attached hydrogen (secondary N) is 1. The maximum absolute atomic E-state index is 13.0. The van der Waals surface area contributed by atoms with Gasteiger partial charge in [0.2, 0.25) is 0 Å². The van der Waals surface area contributed by atoms with E-state index in [1.54, 1.807) is 18.1 Å². The first-order valence-corrected chi connectivity index (χ1v) is 10.1. The summed E-state index contributed by atoms with van der Waals surface area (Å²) in [5.74, 6) is -1.43. The first-order chi connectivity index (χ1) is 14.3. The maximum atomic E-state index is 13.0. The number of hydrogen-bond donors (Lipinski definition) is 3. The average molecular weight is 427 g/mol. The van der Waals surface area contributed by atoms with E-state index in [2.05, 4.69) is 26.7 Å². The van der Waals surface area contributed by atoms with Gasteiger partial charge in [-0.1, -0.05) is 18.2 Å². The molecule has 0 saturated carbocycles. The van der Waals surface area contributed by atoms with Crippen LogP contribution in [0, 0.1) is 12.8 Å². The molecule has 3 aromatic rings. The molecule has 1 aromatic carbocycles. The number of aryl methyl sites for hydroxylation is 2. The van der Waals surface area contributed by atoms with Crippen molar-refractivity contribution in [3.05, 3.63) is 59.7 Å². The molecule has 0 spiro atoms. The molecule has 9 heteroatoms. The third kappa shape index (κ3) is 4.46. The number of imidazole rings is 1. The van der Waals surface area contributed by atoms with Crippen LogP contribution in [0.15, 0.2) is 47.8 Å². The first kappa shape index (κ1) is 21.4. The Morgan fingerprint density at radius 1 is 1.27 bits per heavy atom. The van der Waals surface area contributed by atoms with E-state index in [0.717, 1.165) is 38.6 Å². The normalized spacial score (nSPS) is 15.7. The molecule has 4 rings (SSSR count). The van der Waals surface area contributed by atoms with Gasteiger partial charge in [0.15, 0.2) is 5.78 Å². The third-order valence-corrected chi connectivity index (χ3v) is 6.15. The van der Waals surface area contributed by atoms with E-state index in [-0.39, 0.29) is 11.7 Å². The Hall–Kier alpha value is -3.33. The molecule has 2 aromatic heterocycles. The fraction of sp³-hybridized carbons (Fsp3) is 0.238. The van der Waals surface area contributed by atoms with Crippen molar-refractivity contribution in [2.24, 2.45) is 13.0 Å². The number of carbonyl (C=O) groups excluding carboxylic acids is 1. The molecule has 0 radical (unpaired) electrons. The summed E-state index contributed by atoms with van der Waals surface area (Å²) in [6.45, 7) is 2.01. The highest BCUT2D eigenvalue weighted by molar-refractivity contribution is 7.99. The molecule has 1 unspecified atom stereocenters. The standard InChI is InChI=1S/C17H17N3OS.C4H4O4/c1-10-13(19-9-18-10)7-11-8-22-17-15(16(11)21)12-5-3-4-6-14(12)20(17)2;5-3(6)1-2-4(7)8/h3-6,9,11H,7-8H2,1-2H3,(H,18,19);1-2H,(H,5,6)(H,7,8). The number of H-pyrrole nitrogens is 1. The smallest absolute Gasteiger partial charge is 0.328 e. The number of aromatic amines is 1. The van der Waals surface area contributed by atoms with Gasteiger partial charge < -0.3 is 19.8 Å². The summed E-state index contributed by atoms with van der Waals surface area (Å²) in [7, 11) is 2.04. The van der Waals surface area contributed by atoms with Crippen LogP contribution >= 0.6 is 11.8 Å². The Morgan fingerprint density at radius 3 is 2.53 bits per heavy atom. The Kier molecular flexibility index (Phi) is 6.41. The number of benzene rings is 1. The van der Waals surface area contributed by atoms with Crippen molar-refractivity contribution in [2.75, 3.05) is 5.75 Å². The van der Waals surface area contributed by atoms with Crippen molar-refractivity contribution in [1.82, 2.24) is 14.5 Å². The van der Waals surface area contributed by atoms with Gasteiger partial charge in [-0.25, -0.2) is 14.6 Å². The molecule has 3 heterocycles. The molecule has 3 N–H and O–H groups in total. The van der Waals surface area contributed by atoms with E-state index >= 15 is 0 Å². The van der Waals surface area contributed by atoms with Gasteiger partial charge in [-0.05, 0) is 13.0 Å². The monoisotopic (exact) mass is 427 g/mol. The second-order valence-electron chi connectivity index (χ2n) is 6.82. The quantitative estimate of drug-likeness (QED) is 0.546. The molecule has 1 aliphatic rings. The van der Waals surface area contributed by atoms with Crippen molar-refractivity contribution in [3.63, 3.8) is 0 Å². The SMILES string of the molecule is Cc1[nH]cnc1CC1CSc2c(c3ccccc3n2C)C1=O.O=C(O)C=CC(=O)O. The number of aromatic nitrogens is 3. The lowest BCUT2D eigenvalue weighted by Gasteiger charge is -2.21. The number of Topliss-reactive ketones (excluding diaryl/α,β-unsaturated/α-hetero) is 1. The molecule has 8 nitrogen and oxygen atoms in total. The fourth-order valence-corrected chi connectivity index (χ4v) is 4.63. The molecule has 1 aliphatic heterocycles. The van der Waals surface area contributed by atoms with Crippen LogP contribution in [0.5, 0.6) is 0 Å². The number of nitrogens with zero attached hydrogens (tertiary/aromatic N) is 2. The highest BCUT2D eigenvalue weighted by Gasteiger charge is 2.33. The Bertz CT molecular complexity index is 1130. The Morgan fingerprint density at radius 2 is 1.93 bits per heavy atom. The van der Waals surface area contributed by atoms with E-state index in [9.17, 15) is 14.4 Å². The lowest BCUT2D eigenvalue weighted by molar-refractivity contribution is -0.134. The molecular formula is C21H21N3O5S. The lowest BCUT2D eigenvalue weighted by Crippen LogP contribution is -2.24. The molecule has 156 valence electrons. The molecule has 0 fully saturated rings. The number of carbonyl (C=O) groups is 3. The zero-order valence-corrected chi connectivity index (χ0v) is 17.3. The summed E-state index contributed by atoms with van der Waals surface area (Å²) < 4.78 is 2.14. The number of rotatable bonds is 4. The van der Waals surface area contributed by atoms with Crippen molar-refractivity contribution >= 4 is 40.4 Å². The van der Waals surface area contributed by atoms with E-state index in [1.165, 1.54) is 0 Å². The number of hydrogen-bond acceptors (Lipinski definition) is 5. The topological polar surface area (TPSA) is 125 Å². The minimum absolute atomic E-state index is 0.00491. The van der Waals surface area contributed by atoms with Gasteiger partial charge >= 0.3 is 11.9 Å². The zero-order valence-electron chi connectivity index (χ0n) is 16.5. The van der Waals surface area contributed by atoms with Gasteiger partial charge in [0, 0.05) is 53.9 Å². The third-order valence-electron chi connectivity index (χ3n) is 4.83. The van der Waals surface area contributed by atoms with E-state index in [0.29, 0.717) is 18.6 Å². The van der Waals surface area contributed by atoms with E-state index in [4.69, 9.17) is 10.2 Å². The summed E-state index contributed by atoms with van der Waals surface area (Å²) in [5.41, 5.74) is 4.08. The lowest BCUT2D eigenvalue weighted by atomic mass is 9.93. The highest BCUT2D eigenvalue weighted by atomic mass is 32.2. The van der Waals surface area contributed by atoms with Gasteiger partial charge in [-0.2, -0.15) is 0 Å². The van der Waals surface area contributed by atoms with Gasteiger partial charge in [0.1, 0.15) is 0 Å². The minimum Gasteiger partial charge on any atom is -0.478 e. The number of para-hydroxylation sites is 1. The summed E-state index contributed by atoms with van der Waals surface area (Å²) in [5, 5.41) is 17.8. The van der Waals surface area contributed by atoms with Crippen LogP contribution in [-0.2, 0) is 23.1 Å². The van der Waals surface area contributed by atoms with Crippen LogP contribution < -0.4 is 0 Å². The number of carboxylic acids is 2. The molecule has 0 saturated heterocycles. The molecule has 30 heavy (non-hydrogen) atoms. The summed E-state index contributed by atoms with van der Waals surface area (Å²) >= 11 is 1.78. The van der Waals surface area contributed by atoms with Crippen molar-refractivity contribution in [2.45, 2.75) is 18.4 Å². The van der Waals surface area contributed by atoms with Crippen LogP contribution in [0.25, 0.3) is 10.9 Å². The van der Waals surface area contributed by atoms with Gasteiger partial charge in [-0.3, -0.25) is 4.79 Å². The first-order valence-electron chi connectivity index (χ1n) is 9.16. The molecule has 0 bridgehead atoms. The van der Waals surface area contributed by atoms with Crippen molar-refractivity contribution in [1.29, 1.82) is 0 Å². The van der Waals surface area contributed by atoms with Crippen LogP contribution in [0.2, 0.25) is 0 Å². The number of ketones is 1. The van der Waals surface area contributed by atoms with Gasteiger partial charge in [0.05, 0.1) is 22.6 Å². The van der Waals surface area contributed by atoms with Crippen LogP contribution in [0.4, 0.5) is 0 Å². The molecule has 0 amide bonds. The predicted molar refractivity (Wildman–Crippen MR) is 113 cm³/mol. The summed E-state index contributed by atoms with van der Waals surface area (Å²) in [6, 6.07) is 8.15. The molecule has 0 aliphatic carbocycles. The second-order valence-corrected chi connectivity index (χ2v) is 7.83. The number of fused-ring (bicyclic) bond motifs is 3. The zero-order chi connectivity index (χ0) is 21.8. The van der Waals surface area contributed by atoms with Crippen LogP contribution in [0.3, 0.4) is 0 Å². The minimum atomic E-state index is -1.26. The predicted octanol–water partition coefficient (Wildman–Crippen LogP) is 3.07. The summed E-state index contributed by atoms with van der Waals surface area (Å²) in [4.78, 5) is 39.6. The summed E-state index contributed by atoms with van der Waals surface area (Å²) in [6.07, 6.45) is 3.53. The second kappa shape index (κ2) is 9.00. The molecular weight excluding hydrogens is 406 g/mol. The van der Waals surface area contributed by atoms with Crippen LogP contribution in [0.1, 0.15) is 21.7 Å². The van der Waals surface area contributed by atoms with Gasteiger partial charge in [-0.15, -0.1) is 11.8 Å². The number of aliphatic carboxylic acids is 2.